The van der Waals surface area contributed by atoms with E-state index in [2.05, 4.69) is 34.5 Å². The van der Waals surface area contributed by atoms with E-state index >= 15 is 0 Å². The Hall–Kier alpha value is -4.15. The molecule has 1 saturated carbocycles. The quantitative estimate of drug-likeness (QED) is 0.476. The van der Waals surface area contributed by atoms with Gasteiger partial charge >= 0.3 is 0 Å². The predicted molar refractivity (Wildman–Crippen MR) is 147 cm³/mol. The lowest BCUT2D eigenvalue weighted by molar-refractivity contribution is -0.151. The first-order valence-electron chi connectivity index (χ1n) is 14.0. The van der Waals surface area contributed by atoms with Gasteiger partial charge in [0, 0.05) is 49.3 Å². The second kappa shape index (κ2) is 10.0. The van der Waals surface area contributed by atoms with Crippen LogP contribution in [0.3, 0.4) is 0 Å². The number of nitrogens with one attached hydrogen (secondary N) is 1. The van der Waals surface area contributed by atoms with E-state index in [0.29, 0.717) is 36.5 Å². The van der Waals surface area contributed by atoms with Crippen LogP contribution >= 0.6 is 0 Å². The molecule has 1 aromatic carbocycles. The van der Waals surface area contributed by atoms with Gasteiger partial charge in [-0.3, -0.25) is 19.1 Å². The first-order chi connectivity index (χ1) is 19.5. The summed E-state index contributed by atoms with van der Waals surface area (Å²) in [7, 11) is 0. The van der Waals surface area contributed by atoms with Gasteiger partial charge in [0.2, 0.25) is 11.8 Å². The van der Waals surface area contributed by atoms with E-state index in [1.165, 1.54) is 16.9 Å². The maximum atomic E-state index is 14.1. The van der Waals surface area contributed by atoms with E-state index in [9.17, 15) is 18.8 Å². The monoisotopic (exact) mass is 559 g/mol. The van der Waals surface area contributed by atoms with Gasteiger partial charge in [0.25, 0.3) is 5.91 Å². The molecule has 2 saturated heterocycles. The number of hydrogen-bond donors (Lipinski definition) is 1. The summed E-state index contributed by atoms with van der Waals surface area (Å²) in [6.45, 7) is 7.95. The van der Waals surface area contributed by atoms with E-state index in [4.69, 9.17) is 0 Å². The third-order valence-corrected chi connectivity index (χ3v) is 8.85. The van der Waals surface area contributed by atoms with Crippen LogP contribution in [0.2, 0.25) is 0 Å². The van der Waals surface area contributed by atoms with Crippen molar-refractivity contribution in [1.82, 2.24) is 35.1 Å². The molecule has 6 rings (SSSR count). The van der Waals surface area contributed by atoms with Crippen LogP contribution in [-0.2, 0) is 22.7 Å². The predicted octanol–water partition coefficient (Wildman–Crippen LogP) is 2.43. The number of carbonyl (C=O) groups excluding carboxylic acids is 3. The van der Waals surface area contributed by atoms with Crippen LogP contribution in [0.15, 0.2) is 48.8 Å². The lowest BCUT2D eigenvalue weighted by Gasteiger charge is -2.50. The molecule has 2 aliphatic heterocycles. The largest absolute Gasteiger partial charge is 0.350 e. The molecular formula is C30H34FN7O3. The Morgan fingerprint density at radius 3 is 2.44 bits per heavy atom. The summed E-state index contributed by atoms with van der Waals surface area (Å²) in [5, 5.41) is 15.4. The highest BCUT2D eigenvalue weighted by molar-refractivity contribution is 5.95. The summed E-state index contributed by atoms with van der Waals surface area (Å²) in [6.07, 6.45) is 3.96. The van der Waals surface area contributed by atoms with Gasteiger partial charge in [0.1, 0.15) is 5.82 Å². The number of hydrogen-bond acceptors (Lipinski definition) is 6. The Morgan fingerprint density at radius 2 is 1.76 bits per heavy atom. The van der Waals surface area contributed by atoms with Crippen molar-refractivity contribution < 1.29 is 18.8 Å². The molecule has 0 bridgehead atoms. The van der Waals surface area contributed by atoms with Crippen molar-refractivity contribution in [2.75, 3.05) is 26.2 Å². The smallest absolute Gasteiger partial charge is 0.257 e. The minimum atomic E-state index is -0.517. The number of amides is 3. The standard InChI is InChI=1S/C30H34FN7O3/c1-19-8-9-22(35-34-19)12-32-26(39)24-15-36(16-30(24)17-37(18-30)28(41)23-10-29(23,2)3)27(40)21-11-33-38(14-21)13-20-6-4-5-7-25(20)31/h4-9,11,14,23-24H,10,12-13,15-18H2,1-3H3,(H,32,39)/t23-,24+/m1/s1. The lowest BCUT2D eigenvalue weighted by Crippen LogP contribution is -2.64. The minimum Gasteiger partial charge on any atom is -0.350 e. The van der Waals surface area contributed by atoms with Crippen LogP contribution in [0, 0.1) is 35.4 Å². The van der Waals surface area contributed by atoms with Gasteiger partial charge in [-0.15, -0.1) is 0 Å². The molecule has 3 fully saturated rings. The number of carbonyl (C=O) groups is 3. The van der Waals surface area contributed by atoms with Crippen LogP contribution in [0.4, 0.5) is 4.39 Å². The SMILES string of the molecule is Cc1ccc(CNC(=O)[C@@H]2CN(C(=O)c3cnn(Cc4ccccc4F)c3)CC23CN(C(=O)[C@H]2CC2(C)C)C3)nn1. The number of likely N-dealkylation sites (tertiary alicyclic amines) is 2. The highest BCUT2D eigenvalue weighted by Gasteiger charge is 2.61. The highest BCUT2D eigenvalue weighted by atomic mass is 19.1. The average molecular weight is 560 g/mol. The third-order valence-electron chi connectivity index (χ3n) is 8.85. The molecule has 41 heavy (non-hydrogen) atoms. The van der Waals surface area contributed by atoms with Crippen molar-refractivity contribution in [3.05, 3.63) is 77.1 Å². The Labute approximate surface area is 237 Å². The zero-order valence-electron chi connectivity index (χ0n) is 23.5. The Morgan fingerprint density at radius 1 is 1.02 bits per heavy atom. The zero-order valence-corrected chi connectivity index (χ0v) is 23.5. The van der Waals surface area contributed by atoms with Crippen molar-refractivity contribution >= 4 is 17.7 Å². The van der Waals surface area contributed by atoms with Crippen LogP contribution in [-0.4, -0.2) is 73.7 Å². The summed E-state index contributed by atoms with van der Waals surface area (Å²) in [6, 6.07) is 10.1. The van der Waals surface area contributed by atoms with E-state index in [1.807, 2.05) is 24.0 Å². The molecule has 10 nitrogen and oxygen atoms in total. The molecule has 11 heteroatoms. The number of aromatic nitrogens is 4. The normalized spacial score (nSPS) is 22.0. The van der Waals surface area contributed by atoms with E-state index in [-0.39, 0.29) is 54.5 Å². The topological polar surface area (TPSA) is 113 Å². The second-order valence-corrected chi connectivity index (χ2v) is 12.4. The lowest BCUT2D eigenvalue weighted by atomic mass is 9.71. The Balaban J connectivity index is 1.16. The molecule has 2 atom stereocenters. The molecule has 2 aromatic heterocycles. The number of halogens is 1. The van der Waals surface area contributed by atoms with Crippen LogP contribution in [0.5, 0.6) is 0 Å². The van der Waals surface area contributed by atoms with Gasteiger partial charge in [0.05, 0.1) is 42.2 Å². The Kier molecular flexibility index (Phi) is 6.62. The van der Waals surface area contributed by atoms with Crippen molar-refractivity contribution in [3.8, 4) is 0 Å². The van der Waals surface area contributed by atoms with Gasteiger partial charge in [-0.1, -0.05) is 32.0 Å². The number of rotatable bonds is 7. The van der Waals surface area contributed by atoms with E-state index in [1.54, 1.807) is 29.3 Å². The highest BCUT2D eigenvalue weighted by Crippen LogP contribution is 2.54. The van der Waals surface area contributed by atoms with Crippen molar-refractivity contribution in [2.24, 2.45) is 22.7 Å². The molecule has 4 heterocycles. The first-order valence-corrected chi connectivity index (χ1v) is 14.0. The van der Waals surface area contributed by atoms with Crippen LogP contribution in [0.25, 0.3) is 0 Å². The fourth-order valence-corrected chi connectivity index (χ4v) is 6.15. The fraction of sp³-hybridized carbons (Fsp3) is 0.467. The fourth-order valence-electron chi connectivity index (χ4n) is 6.15. The second-order valence-electron chi connectivity index (χ2n) is 12.4. The molecule has 3 amide bonds. The summed E-state index contributed by atoms with van der Waals surface area (Å²) >= 11 is 0. The van der Waals surface area contributed by atoms with Gasteiger partial charge in [0.15, 0.2) is 0 Å². The number of benzene rings is 1. The molecule has 0 unspecified atom stereocenters. The van der Waals surface area contributed by atoms with Crippen molar-refractivity contribution in [3.63, 3.8) is 0 Å². The molecule has 3 aliphatic rings. The van der Waals surface area contributed by atoms with Gasteiger partial charge < -0.3 is 15.1 Å². The summed E-state index contributed by atoms with van der Waals surface area (Å²) in [5.74, 6) is -1.06. The summed E-state index contributed by atoms with van der Waals surface area (Å²) in [4.78, 5) is 43.7. The first kappa shape index (κ1) is 27.0. The van der Waals surface area contributed by atoms with Gasteiger partial charge in [-0.25, -0.2) is 4.39 Å². The maximum Gasteiger partial charge on any atom is 0.257 e. The number of aryl methyl sites for hydroxylation is 1. The minimum absolute atomic E-state index is 0.0200. The molecule has 214 valence electrons. The molecule has 0 radical (unpaired) electrons. The van der Waals surface area contributed by atoms with Crippen molar-refractivity contribution in [1.29, 1.82) is 0 Å². The molecule has 3 aromatic rings. The summed E-state index contributed by atoms with van der Waals surface area (Å²) in [5.41, 5.74) is 1.79. The molecule has 1 N–H and O–H groups in total. The molecule has 1 spiro atoms. The summed E-state index contributed by atoms with van der Waals surface area (Å²) < 4.78 is 15.7. The van der Waals surface area contributed by atoms with Gasteiger partial charge in [-0.05, 0) is 37.0 Å². The van der Waals surface area contributed by atoms with E-state index < -0.39 is 11.3 Å². The number of nitrogens with zero attached hydrogens (tertiary/aromatic N) is 6. The van der Waals surface area contributed by atoms with Crippen LogP contribution in [0.1, 0.15) is 47.6 Å². The zero-order chi connectivity index (χ0) is 28.9. The molecular weight excluding hydrogens is 525 g/mol. The van der Waals surface area contributed by atoms with E-state index in [0.717, 1.165) is 12.1 Å². The Bertz CT molecular complexity index is 1500. The molecule has 1 aliphatic carbocycles. The van der Waals surface area contributed by atoms with Crippen molar-refractivity contribution in [2.45, 2.75) is 40.3 Å². The van der Waals surface area contributed by atoms with Crippen LogP contribution < -0.4 is 5.32 Å². The third kappa shape index (κ3) is 5.20. The van der Waals surface area contributed by atoms with Gasteiger partial charge in [-0.2, -0.15) is 15.3 Å². The average Bonchev–Trinajstić information content (AvgIpc) is 3.25. The maximum absolute atomic E-state index is 14.1.